The number of nitrogens with one attached hydrogen (secondary N) is 1. The number of rotatable bonds is 14. The van der Waals surface area contributed by atoms with E-state index >= 15 is 0 Å². The number of carbonyl (C=O) groups excluding carboxylic acids is 1. The van der Waals surface area contributed by atoms with Crippen molar-refractivity contribution in [3.8, 4) is 11.1 Å². The molecule has 1 fully saturated rings. The summed E-state index contributed by atoms with van der Waals surface area (Å²) in [5, 5.41) is 12.3. The summed E-state index contributed by atoms with van der Waals surface area (Å²) in [5.74, 6) is -0.112. The van der Waals surface area contributed by atoms with Crippen LogP contribution in [0.15, 0.2) is 42.5 Å². The number of benzene rings is 2. The van der Waals surface area contributed by atoms with Gasteiger partial charge in [-0.15, -0.1) is 0 Å². The van der Waals surface area contributed by atoms with Crippen molar-refractivity contribution in [1.29, 1.82) is 0 Å². The fourth-order valence-electron chi connectivity index (χ4n) is 5.02. The first kappa shape index (κ1) is 30.2. The summed E-state index contributed by atoms with van der Waals surface area (Å²) in [4.78, 5) is 25.0. The lowest BCUT2D eigenvalue weighted by molar-refractivity contribution is -0.139. The second kappa shape index (κ2) is 15.3. The number of hydrogen-bond acceptors (Lipinski definition) is 5. The minimum absolute atomic E-state index is 0.0568. The number of carboxylic acids is 1. The molecule has 0 spiro atoms. The van der Waals surface area contributed by atoms with E-state index in [9.17, 15) is 14.7 Å². The van der Waals surface area contributed by atoms with Crippen molar-refractivity contribution < 1.29 is 24.2 Å². The van der Waals surface area contributed by atoms with Gasteiger partial charge in [0, 0.05) is 5.56 Å². The summed E-state index contributed by atoms with van der Waals surface area (Å²) < 4.78 is 12.3. The van der Waals surface area contributed by atoms with Crippen molar-refractivity contribution in [1.82, 2.24) is 5.32 Å². The average Bonchev–Trinajstić information content (AvgIpc) is 2.93. The van der Waals surface area contributed by atoms with Crippen LogP contribution >= 0.6 is 11.8 Å². The van der Waals surface area contributed by atoms with Crippen molar-refractivity contribution >= 4 is 23.6 Å². The number of ether oxygens (including phenoxy) is 2. The van der Waals surface area contributed by atoms with E-state index < -0.39 is 12.0 Å². The van der Waals surface area contributed by atoms with Gasteiger partial charge >= 0.3 is 5.97 Å². The molecule has 208 valence electrons. The first-order valence-corrected chi connectivity index (χ1v) is 15.1. The van der Waals surface area contributed by atoms with E-state index in [1.54, 1.807) is 17.8 Å². The molecule has 3 rings (SSSR count). The molecular formula is C31H43NO5S. The lowest BCUT2D eigenvalue weighted by Crippen LogP contribution is -2.41. The molecule has 0 aromatic heterocycles. The Kier molecular flexibility index (Phi) is 12.2. The number of hydrogen-bond donors (Lipinski definition) is 2. The van der Waals surface area contributed by atoms with Crippen LogP contribution < -0.4 is 5.32 Å². The van der Waals surface area contributed by atoms with E-state index in [0.29, 0.717) is 36.9 Å². The van der Waals surface area contributed by atoms with Crippen LogP contribution in [0.2, 0.25) is 0 Å². The van der Waals surface area contributed by atoms with E-state index in [4.69, 9.17) is 9.47 Å². The van der Waals surface area contributed by atoms with Crippen LogP contribution in [0.5, 0.6) is 0 Å². The molecule has 1 amide bonds. The molecule has 7 heteroatoms. The van der Waals surface area contributed by atoms with Gasteiger partial charge in [0.1, 0.15) is 6.04 Å². The van der Waals surface area contributed by atoms with Crippen molar-refractivity contribution in [3.05, 3.63) is 59.2 Å². The third-order valence-corrected chi connectivity index (χ3v) is 8.06. The number of aryl methyl sites for hydroxylation is 1. The molecule has 6 nitrogen and oxygen atoms in total. The third kappa shape index (κ3) is 8.85. The standard InChI is InChI=1S/C31H43NO5S/c1-21-10-8-9-13-26(21)28-18-24(14-15-27(28)30(33)32-29(31(34)35)16-17-38-4)20-36-22(2)19-37-23(3)25-11-6-5-7-12-25/h8-10,13-15,18,22-23,25,29H,5-7,11-12,16-17,19-20H2,1-4H3,(H,32,33)(H,34,35). The highest BCUT2D eigenvalue weighted by molar-refractivity contribution is 7.98. The van der Waals surface area contributed by atoms with Crippen molar-refractivity contribution in [2.75, 3.05) is 18.6 Å². The van der Waals surface area contributed by atoms with Crippen molar-refractivity contribution in [2.45, 2.75) is 84.2 Å². The molecule has 2 aromatic carbocycles. The zero-order chi connectivity index (χ0) is 27.5. The van der Waals surface area contributed by atoms with Crippen molar-refractivity contribution in [3.63, 3.8) is 0 Å². The maximum Gasteiger partial charge on any atom is 0.326 e. The summed E-state index contributed by atoms with van der Waals surface area (Å²) in [6.45, 7) is 7.16. The zero-order valence-corrected chi connectivity index (χ0v) is 24.0. The van der Waals surface area contributed by atoms with E-state index in [0.717, 1.165) is 22.3 Å². The Morgan fingerprint density at radius 2 is 1.79 bits per heavy atom. The molecule has 0 heterocycles. The number of thioether (sulfide) groups is 1. The Morgan fingerprint density at radius 1 is 1.05 bits per heavy atom. The molecule has 3 unspecified atom stereocenters. The highest BCUT2D eigenvalue weighted by Gasteiger charge is 2.23. The van der Waals surface area contributed by atoms with Gasteiger partial charge in [-0.3, -0.25) is 4.79 Å². The first-order valence-electron chi connectivity index (χ1n) is 13.7. The van der Waals surface area contributed by atoms with E-state index in [-0.39, 0.29) is 18.1 Å². The molecule has 0 bridgehead atoms. The monoisotopic (exact) mass is 541 g/mol. The van der Waals surface area contributed by atoms with Gasteiger partial charge in [-0.05, 0) is 92.3 Å². The van der Waals surface area contributed by atoms with Crippen molar-refractivity contribution in [2.24, 2.45) is 5.92 Å². The van der Waals surface area contributed by atoms with Crippen LogP contribution in [0, 0.1) is 12.8 Å². The Balaban J connectivity index is 1.70. The molecule has 2 N–H and O–H groups in total. The topological polar surface area (TPSA) is 84.9 Å². The van der Waals surface area contributed by atoms with Crippen LogP contribution in [0.1, 0.15) is 73.9 Å². The van der Waals surface area contributed by atoms with Gasteiger partial charge in [-0.25, -0.2) is 4.79 Å². The summed E-state index contributed by atoms with van der Waals surface area (Å²) in [5.41, 5.74) is 4.15. The van der Waals surface area contributed by atoms with Gasteiger partial charge in [0.2, 0.25) is 0 Å². The third-order valence-electron chi connectivity index (χ3n) is 7.42. The first-order chi connectivity index (χ1) is 18.3. The predicted molar refractivity (Wildman–Crippen MR) is 155 cm³/mol. The van der Waals surface area contributed by atoms with Gasteiger partial charge < -0.3 is 19.9 Å². The van der Waals surface area contributed by atoms with Gasteiger partial charge in [0.05, 0.1) is 25.4 Å². The molecule has 1 aliphatic rings. The second-order valence-electron chi connectivity index (χ2n) is 10.4. The Labute approximate surface area is 231 Å². The van der Waals surface area contributed by atoms with E-state index in [2.05, 4.69) is 12.2 Å². The highest BCUT2D eigenvalue weighted by atomic mass is 32.2. The van der Waals surface area contributed by atoms with Crippen LogP contribution in [0.4, 0.5) is 0 Å². The van der Waals surface area contributed by atoms with Gasteiger partial charge in [-0.1, -0.05) is 49.6 Å². The summed E-state index contributed by atoms with van der Waals surface area (Å²) in [7, 11) is 0. The minimum Gasteiger partial charge on any atom is -0.480 e. The molecule has 0 saturated heterocycles. The van der Waals surface area contributed by atoms with Crippen LogP contribution in [0.3, 0.4) is 0 Å². The molecular weight excluding hydrogens is 498 g/mol. The van der Waals surface area contributed by atoms with Crippen LogP contribution in [-0.4, -0.2) is 53.8 Å². The lowest BCUT2D eigenvalue weighted by Gasteiger charge is -2.28. The Hall–Kier alpha value is -2.35. The number of carbonyl (C=O) groups is 2. The zero-order valence-electron chi connectivity index (χ0n) is 23.2. The molecule has 0 radical (unpaired) electrons. The quantitative estimate of drug-likeness (QED) is 0.284. The molecule has 1 aliphatic carbocycles. The summed E-state index contributed by atoms with van der Waals surface area (Å²) in [6.07, 6.45) is 8.93. The van der Waals surface area contributed by atoms with Crippen LogP contribution in [-0.2, 0) is 20.9 Å². The van der Waals surface area contributed by atoms with E-state index in [1.165, 1.54) is 32.1 Å². The number of aliphatic carboxylic acids is 1. The molecule has 38 heavy (non-hydrogen) atoms. The minimum atomic E-state index is -1.02. The molecule has 1 saturated carbocycles. The van der Waals surface area contributed by atoms with Crippen LogP contribution in [0.25, 0.3) is 11.1 Å². The maximum absolute atomic E-state index is 13.3. The smallest absolute Gasteiger partial charge is 0.326 e. The van der Waals surface area contributed by atoms with Gasteiger partial charge in [0.15, 0.2) is 0 Å². The van der Waals surface area contributed by atoms with Gasteiger partial charge in [0.25, 0.3) is 5.91 Å². The normalized spacial score (nSPS) is 16.5. The Morgan fingerprint density at radius 3 is 2.47 bits per heavy atom. The molecule has 3 atom stereocenters. The maximum atomic E-state index is 13.3. The van der Waals surface area contributed by atoms with E-state index in [1.807, 2.05) is 56.5 Å². The summed E-state index contributed by atoms with van der Waals surface area (Å²) in [6, 6.07) is 12.6. The van der Waals surface area contributed by atoms with Gasteiger partial charge in [-0.2, -0.15) is 11.8 Å². The molecule has 0 aliphatic heterocycles. The Bertz CT molecular complexity index is 1050. The fourth-order valence-corrected chi connectivity index (χ4v) is 5.49. The SMILES string of the molecule is CSCCC(NC(=O)c1ccc(COC(C)COC(C)C2CCCCC2)cc1-c1ccccc1C)C(=O)O. The number of amides is 1. The largest absolute Gasteiger partial charge is 0.480 e. The lowest BCUT2D eigenvalue weighted by atomic mass is 9.86. The molecule has 2 aromatic rings. The average molecular weight is 542 g/mol. The summed E-state index contributed by atoms with van der Waals surface area (Å²) >= 11 is 1.56. The fraction of sp³-hybridized carbons (Fsp3) is 0.548. The number of carboxylic acid groups (broad SMARTS) is 1. The second-order valence-corrected chi connectivity index (χ2v) is 11.4. The predicted octanol–water partition coefficient (Wildman–Crippen LogP) is 6.49. The highest BCUT2D eigenvalue weighted by Crippen LogP contribution is 2.30.